The molecule has 0 unspecified atom stereocenters. The molecule has 1 aromatic heterocycles. The summed E-state index contributed by atoms with van der Waals surface area (Å²) >= 11 is 0. The van der Waals surface area contributed by atoms with Crippen LogP contribution >= 0.6 is 0 Å². The molecule has 0 bridgehead atoms. The van der Waals surface area contributed by atoms with Gasteiger partial charge in [0.25, 0.3) is 10.1 Å². The summed E-state index contributed by atoms with van der Waals surface area (Å²) in [7, 11) is -3.67. The Kier molecular flexibility index (Phi) is 5.45. The second-order valence-corrected chi connectivity index (χ2v) is 3.81. The number of carbonyl (C=O) groups excluding carboxylic acids is 1. The van der Waals surface area contributed by atoms with Gasteiger partial charge in [0, 0.05) is 12.4 Å². The summed E-state index contributed by atoms with van der Waals surface area (Å²) in [6, 6.07) is 2.89. The molecule has 0 fully saturated rings. The summed E-state index contributed by atoms with van der Waals surface area (Å²) in [5.74, 6) is -0.776. The Labute approximate surface area is 86.0 Å². The fraction of sp³-hybridized carbons (Fsp3) is 0.143. The maximum Gasteiger partial charge on any atom is 0.372 e. The number of hydrogen-bond acceptors (Lipinski definition) is 6. The van der Waals surface area contributed by atoms with Crippen molar-refractivity contribution in [2.24, 2.45) is 0 Å². The van der Waals surface area contributed by atoms with Gasteiger partial charge in [-0.1, -0.05) is 0 Å². The molecule has 0 aromatic carbocycles. The first-order valence-electron chi connectivity index (χ1n) is 3.53. The second kappa shape index (κ2) is 6.06. The van der Waals surface area contributed by atoms with Gasteiger partial charge in [-0.2, -0.15) is 13.7 Å². The first kappa shape index (κ1) is 13.5. The summed E-state index contributed by atoms with van der Waals surface area (Å²) in [6.45, 7) is 0. The number of hydrogen-bond donors (Lipinski definition) is 2. The van der Waals surface area contributed by atoms with E-state index in [0.717, 1.165) is 0 Å². The minimum absolute atomic E-state index is 0.275. The summed E-state index contributed by atoms with van der Waals surface area (Å²) in [4.78, 5) is 17.7. The zero-order chi connectivity index (χ0) is 11.9. The van der Waals surface area contributed by atoms with E-state index >= 15 is 0 Å². The molecule has 84 valence electrons. The predicted octanol–water partition coefficient (Wildman–Crippen LogP) is 0.215. The monoisotopic (exact) mass is 235 g/mol. The van der Waals surface area contributed by atoms with Crippen molar-refractivity contribution >= 4 is 16.1 Å². The van der Waals surface area contributed by atoms with Crippen LogP contribution in [0.5, 0.6) is 0 Å². The van der Waals surface area contributed by atoms with E-state index in [9.17, 15) is 13.2 Å². The standard InChI is InChI=1S/C6H5NO3.CH4O3S/c8-6(10-9)5-1-3-7-4-2-5;1-5(2,3)4/h1-4,9H;1H3,(H,2,3,4). The van der Waals surface area contributed by atoms with Crippen LogP contribution in [0.15, 0.2) is 24.5 Å². The molecule has 0 radical (unpaired) electrons. The Balaban J connectivity index is 0.000000336. The van der Waals surface area contributed by atoms with E-state index in [1.165, 1.54) is 24.5 Å². The normalized spacial score (nSPS) is 9.80. The van der Waals surface area contributed by atoms with E-state index in [4.69, 9.17) is 9.81 Å². The maximum atomic E-state index is 10.5. The van der Waals surface area contributed by atoms with E-state index in [2.05, 4.69) is 9.87 Å². The zero-order valence-corrected chi connectivity index (χ0v) is 8.51. The molecule has 0 aliphatic heterocycles. The third-order valence-corrected chi connectivity index (χ3v) is 0.999. The van der Waals surface area contributed by atoms with Crippen molar-refractivity contribution in [2.45, 2.75) is 0 Å². The van der Waals surface area contributed by atoms with Crippen LogP contribution in [-0.2, 0) is 15.0 Å². The Morgan fingerprint density at radius 2 is 1.80 bits per heavy atom. The van der Waals surface area contributed by atoms with Crippen LogP contribution in [0.1, 0.15) is 10.4 Å². The van der Waals surface area contributed by atoms with Crippen molar-refractivity contribution in [1.82, 2.24) is 4.98 Å². The van der Waals surface area contributed by atoms with Crippen LogP contribution in [0.3, 0.4) is 0 Å². The summed E-state index contributed by atoms with van der Waals surface area (Å²) in [6.07, 6.45) is 3.59. The predicted molar refractivity (Wildman–Crippen MR) is 49.8 cm³/mol. The molecule has 0 saturated heterocycles. The molecule has 1 rings (SSSR count). The van der Waals surface area contributed by atoms with Crippen molar-refractivity contribution in [3.05, 3.63) is 30.1 Å². The van der Waals surface area contributed by atoms with Gasteiger partial charge in [0.05, 0.1) is 11.8 Å². The van der Waals surface area contributed by atoms with Crippen LogP contribution in [-0.4, -0.2) is 35.4 Å². The topological polar surface area (TPSA) is 114 Å². The number of pyridine rings is 1. The van der Waals surface area contributed by atoms with Gasteiger partial charge in [-0.05, 0) is 12.1 Å². The van der Waals surface area contributed by atoms with E-state index in [0.29, 0.717) is 6.26 Å². The van der Waals surface area contributed by atoms with Gasteiger partial charge >= 0.3 is 5.97 Å². The molecule has 15 heavy (non-hydrogen) atoms. The van der Waals surface area contributed by atoms with Gasteiger partial charge in [0.2, 0.25) is 0 Å². The Hall–Kier alpha value is -1.51. The third kappa shape index (κ3) is 8.81. The lowest BCUT2D eigenvalue weighted by molar-refractivity contribution is -0.182. The zero-order valence-electron chi connectivity index (χ0n) is 7.69. The lowest BCUT2D eigenvalue weighted by atomic mass is 10.3. The quantitative estimate of drug-likeness (QED) is 0.406. The van der Waals surface area contributed by atoms with Gasteiger partial charge in [-0.25, -0.2) is 4.79 Å². The second-order valence-electron chi connectivity index (χ2n) is 2.35. The minimum Gasteiger partial charge on any atom is -0.296 e. The summed E-state index contributed by atoms with van der Waals surface area (Å²) < 4.78 is 25.9. The van der Waals surface area contributed by atoms with E-state index in [1.54, 1.807) is 0 Å². The molecule has 0 aliphatic carbocycles. The third-order valence-electron chi connectivity index (χ3n) is 0.999. The molecular weight excluding hydrogens is 226 g/mol. The highest BCUT2D eigenvalue weighted by Gasteiger charge is 2.03. The van der Waals surface area contributed by atoms with E-state index in [1.807, 2.05) is 0 Å². The summed E-state index contributed by atoms with van der Waals surface area (Å²) in [5, 5.41) is 7.92. The number of rotatable bonds is 1. The molecule has 8 heteroatoms. The lowest BCUT2D eigenvalue weighted by Crippen LogP contribution is -2.00. The lowest BCUT2D eigenvalue weighted by Gasteiger charge is -1.92. The molecule has 0 amide bonds. The average Bonchev–Trinajstić information content (AvgIpc) is 2.15. The minimum atomic E-state index is -3.67. The number of aromatic nitrogens is 1. The highest BCUT2D eigenvalue weighted by atomic mass is 32.2. The van der Waals surface area contributed by atoms with Gasteiger partial charge in [0.1, 0.15) is 0 Å². The van der Waals surface area contributed by atoms with Crippen molar-refractivity contribution in [3.8, 4) is 0 Å². The van der Waals surface area contributed by atoms with E-state index in [-0.39, 0.29) is 5.56 Å². The Morgan fingerprint density at radius 1 is 1.40 bits per heavy atom. The fourth-order valence-corrected chi connectivity index (χ4v) is 0.541. The molecule has 0 aliphatic rings. The molecule has 1 aromatic rings. The SMILES string of the molecule is CS(=O)(=O)O.O=C(OO)c1ccncc1. The highest BCUT2D eigenvalue weighted by Crippen LogP contribution is 1.96. The van der Waals surface area contributed by atoms with Gasteiger partial charge in [0.15, 0.2) is 0 Å². The first-order chi connectivity index (χ1) is 6.84. The van der Waals surface area contributed by atoms with Gasteiger partial charge < -0.3 is 0 Å². The molecule has 7 nitrogen and oxygen atoms in total. The van der Waals surface area contributed by atoms with Crippen molar-refractivity contribution in [1.29, 1.82) is 0 Å². The van der Waals surface area contributed by atoms with Crippen LogP contribution in [0, 0.1) is 0 Å². The van der Waals surface area contributed by atoms with Crippen LogP contribution in [0.25, 0.3) is 0 Å². The van der Waals surface area contributed by atoms with Crippen molar-refractivity contribution in [3.63, 3.8) is 0 Å². The van der Waals surface area contributed by atoms with Crippen LogP contribution in [0.2, 0.25) is 0 Å². The molecule has 2 N–H and O–H groups in total. The van der Waals surface area contributed by atoms with Crippen molar-refractivity contribution in [2.75, 3.05) is 6.26 Å². The maximum absolute atomic E-state index is 10.5. The number of nitrogens with zero attached hydrogens (tertiary/aromatic N) is 1. The highest BCUT2D eigenvalue weighted by molar-refractivity contribution is 7.85. The summed E-state index contributed by atoms with van der Waals surface area (Å²) in [5.41, 5.74) is 0.275. The molecule has 0 spiro atoms. The molecule has 1 heterocycles. The molecule has 0 saturated carbocycles. The van der Waals surface area contributed by atoms with Gasteiger partial charge in [-0.3, -0.25) is 14.4 Å². The van der Waals surface area contributed by atoms with Crippen LogP contribution in [0.4, 0.5) is 0 Å². The average molecular weight is 235 g/mol. The fourth-order valence-electron chi connectivity index (χ4n) is 0.541. The van der Waals surface area contributed by atoms with E-state index < -0.39 is 16.1 Å². The Morgan fingerprint density at radius 3 is 2.13 bits per heavy atom. The largest absolute Gasteiger partial charge is 0.372 e. The van der Waals surface area contributed by atoms with Gasteiger partial charge in [-0.15, -0.1) is 0 Å². The van der Waals surface area contributed by atoms with Crippen LogP contribution < -0.4 is 0 Å². The first-order valence-corrected chi connectivity index (χ1v) is 5.37. The molecule has 0 atom stereocenters. The Bertz CT molecular complexity index is 393. The smallest absolute Gasteiger partial charge is 0.296 e. The molecular formula is C7H9NO6S. The van der Waals surface area contributed by atoms with Crippen molar-refractivity contribution < 1.29 is 27.9 Å². The number of carbonyl (C=O) groups is 1.